The summed E-state index contributed by atoms with van der Waals surface area (Å²) in [6.07, 6.45) is 7.28. The third kappa shape index (κ3) is 4.13. The van der Waals surface area contributed by atoms with E-state index in [0.717, 1.165) is 55.2 Å². The van der Waals surface area contributed by atoms with Crippen LogP contribution < -0.4 is 4.90 Å². The number of hydrogen-bond acceptors (Lipinski definition) is 4. The second-order valence-electron chi connectivity index (χ2n) is 11.7. The monoisotopic (exact) mass is 618 g/mol. The lowest BCUT2D eigenvalue weighted by Gasteiger charge is -2.18. The first-order chi connectivity index (χ1) is 23.7. The van der Waals surface area contributed by atoms with Crippen LogP contribution in [0.2, 0.25) is 0 Å². The Hall–Kier alpha value is -6.66. The molecule has 0 saturated carbocycles. The summed E-state index contributed by atoms with van der Waals surface area (Å²) >= 11 is 0. The van der Waals surface area contributed by atoms with Gasteiger partial charge in [-0.3, -0.25) is 19.6 Å². The minimum absolute atomic E-state index is 0.340. The Balaban J connectivity index is 1.32. The van der Waals surface area contributed by atoms with Crippen molar-refractivity contribution in [1.29, 1.82) is 0 Å². The molecule has 0 bridgehead atoms. The first-order valence-electron chi connectivity index (χ1n) is 15.7. The molecule has 9 rings (SSSR count). The van der Waals surface area contributed by atoms with Crippen LogP contribution in [0.25, 0.3) is 60.9 Å². The average molecular weight is 619 g/mol. The van der Waals surface area contributed by atoms with Crippen molar-refractivity contribution in [2.75, 3.05) is 4.90 Å². The average Bonchev–Trinajstić information content (AvgIpc) is 3.63. The maximum absolute atomic E-state index is 14.6. The van der Waals surface area contributed by atoms with Gasteiger partial charge in [-0.05, 0) is 59.2 Å². The number of hydrogen-bond donors (Lipinski definition) is 0. The van der Waals surface area contributed by atoms with Gasteiger partial charge in [0, 0.05) is 52.3 Å². The molecular formula is C42H26N4O2. The molecule has 4 heterocycles. The highest BCUT2D eigenvalue weighted by Gasteiger charge is 2.40. The first-order valence-corrected chi connectivity index (χ1v) is 15.7. The second kappa shape index (κ2) is 11.0. The van der Waals surface area contributed by atoms with Crippen molar-refractivity contribution < 1.29 is 9.59 Å². The largest absolute Gasteiger partial charge is 0.308 e. The summed E-state index contributed by atoms with van der Waals surface area (Å²) < 4.78 is 2.13. The molecule has 5 aromatic carbocycles. The van der Waals surface area contributed by atoms with Crippen LogP contribution in [0, 0.1) is 0 Å². The van der Waals surface area contributed by atoms with Crippen LogP contribution in [-0.2, 0) is 0 Å². The number of carbonyl (C=O) groups excluding carboxylic acids is 2. The molecule has 0 unspecified atom stereocenters. The molecule has 6 nitrogen and oxygen atoms in total. The van der Waals surface area contributed by atoms with E-state index >= 15 is 0 Å². The standard InChI is InChI=1S/C42H26N4O2/c47-41-33-18-8-22-37(40(33)42(48)46(41)34-19-5-4-15-30(34)27-11-2-1-3-12-27)45-35-20-6-16-31(28-13-9-23-43-25-28)38(35)39-32(17-7-21-36(39)45)29-14-10-24-44-26-29/h1-26H. The molecule has 1 aliphatic heterocycles. The van der Waals surface area contributed by atoms with Crippen LogP contribution in [0.4, 0.5) is 5.69 Å². The normalized spacial score (nSPS) is 12.6. The number of imide groups is 1. The molecule has 226 valence electrons. The van der Waals surface area contributed by atoms with Gasteiger partial charge in [-0.15, -0.1) is 0 Å². The van der Waals surface area contributed by atoms with Gasteiger partial charge in [-0.2, -0.15) is 0 Å². The molecule has 1 aliphatic rings. The predicted molar refractivity (Wildman–Crippen MR) is 190 cm³/mol. The van der Waals surface area contributed by atoms with Crippen LogP contribution in [-0.4, -0.2) is 26.3 Å². The van der Waals surface area contributed by atoms with Crippen molar-refractivity contribution in [3.05, 3.63) is 169 Å². The van der Waals surface area contributed by atoms with Crippen molar-refractivity contribution in [2.45, 2.75) is 0 Å². The number of amides is 2. The molecule has 0 radical (unpaired) electrons. The zero-order valence-corrected chi connectivity index (χ0v) is 25.6. The van der Waals surface area contributed by atoms with Gasteiger partial charge in [0.25, 0.3) is 11.8 Å². The number of nitrogens with zero attached hydrogens (tertiary/aromatic N) is 4. The molecule has 2 amide bonds. The van der Waals surface area contributed by atoms with Gasteiger partial charge >= 0.3 is 0 Å². The fraction of sp³-hybridized carbons (Fsp3) is 0. The summed E-state index contributed by atoms with van der Waals surface area (Å²) in [6.45, 7) is 0. The topological polar surface area (TPSA) is 68.1 Å². The minimum Gasteiger partial charge on any atom is -0.308 e. The number of anilines is 1. The zero-order valence-electron chi connectivity index (χ0n) is 25.6. The molecule has 0 spiro atoms. The number of benzene rings is 5. The van der Waals surface area contributed by atoms with Gasteiger partial charge in [0.15, 0.2) is 0 Å². The van der Waals surface area contributed by atoms with Crippen molar-refractivity contribution in [3.8, 4) is 39.1 Å². The van der Waals surface area contributed by atoms with Crippen LogP contribution in [0.1, 0.15) is 20.7 Å². The predicted octanol–water partition coefficient (Wildman–Crippen LogP) is 9.38. The summed E-state index contributed by atoms with van der Waals surface area (Å²) in [5, 5.41) is 2.06. The van der Waals surface area contributed by atoms with Gasteiger partial charge < -0.3 is 4.57 Å². The highest BCUT2D eigenvalue weighted by Crippen LogP contribution is 2.45. The molecule has 6 heteroatoms. The van der Waals surface area contributed by atoms with Gasteiger partial charge in [-0.25, -0.2) is 4.90 Å². The van der Waals surface area contributed by atoms with Gasteiger partial charge in [0.1, 0.15) is 0 Å². The number of aromatic nitrogens is 3. The Morgan fingerprint density at radius 1 is 0.417 bits per heavy atom. The van der Waals surface area contributed by atoms with Gasteiger partial charge in [0.2, 0.25) is 0 Å². The first kappa shape index (κ1) is 27.6. The van der Waals surface area contributed by atoms with E-state index in [1.54, 1.807) is 18.5 Å². The van der Waals surface area contributed by atoms with Crippen LogP contribution in [0.5, 0.6) is 0 Å². The second-order valence-corrected chi connectivity index (χ2v) is 11.7. The molecule has 0 atom stereocenters. The number of fused-ring (bicyclic) bond motifs is 4. The third-order valence-electron chi connectivity index (χ3n) is 9.13. The highest BCUT2D eigenvalue weighted by molar-refractivity contribution is 6.36. The lowest BCUT2D eigenvalue weighted by atomic mass is 9.96. The Labute approximate surface area is 276 Å². The van der Waals surface area contributed by atoms with E-state index in [2.05, 4.69) is 50.9 Å². The fourth-order valence-corrected chi connectivity index (χ4v) is 7.10. The van der Waals surface area contributed by atoms with Crippen molar-refractivity contribution in [1.82, 2.24) is 14.5 Å². The van der Waals surface area contributed by atoms with E-state index in [-0.39, 0.29) is 11.8 Å². The SMILES string of the molecule is O=C1c2cccc(-n3c4cccc(-c5cccnc5)c4c4c(-c5cccnc5)cccc43)c2C(=O)N1c1ccccc1-c1ccccc1. The van der Waals surface area contributed by atoms with E-state index in [1.165, 1.54) is 4.90 Å². The van der Waals surface area contributed by atoms with E-state index in [4.69, 9.17) is 0 Å². The Kier molecular flexibility index (Phi) is 6.33. The maximum atomic E-state index is 14.6. The summed E-state index contributed by atoms with van der Waals surface area (Å²) in [5.41, 5.74) is 9.55. The number of para-hydroxylation sites is 1. The molecule has 0 fully saturated rings. The van der Waals surface area contributed by atoms with Gasteiger partial charge in [-0.1, -0.05) is 91.0 Å². The van der Waals surface area contributed by atoms with Crippen molar-refractivity contribution >= 4 is 39.3 Å². The van der Waals surface area contributed by atoms with Crippen molar-refractivity contribution in [2.24, 2.45) is 0 Å². The van der Waals surface area contributed by atoms with Gasteiger partial charge in [0.05, 0.1) is 33.5 Å². The molecule has 0 saturated heterocycles. The Morgan fingerprint density at radius 2 is 0.938 bits per heavy atom. The quantitative estimate of drug-likeness (QED) is 0.180. The molecule has 3 aromatic heterocycles. The van der Waals surface area contributed by atoms with Crippen molar-refractivity contribution in [3.63, 3.8) is 0 Å². The minimum atomic E-state index is -0.351. The molecular weight excluding hydrogens is 592 g/mol. The molecule has 0 N–H and O–H groups in total. The fourth-order valence-electron chi connectivity index (χ4n) is 7.10. The van der Waals surface area contributed by atoms with Crippen LogP contribution >= 0.6 is 0 Å². The summed E-state index contributed by atoms with van der Waals surface area (Å²) in [7, 11) is 0. The Bertz CT molecular complexity index is 2440. The summed E-state index contributed by atoms with van der Waals surface area (Å²) in [5.74, 6) is -0.691. The zero-order chi connectivity index (χ0) is 32.2. The molecule has 8 aromatic rings. The van der Waals surface area contributed by atoms with E-state index in [9.17, 15) is 9.59 Å². The van der Waals surface area contributed by atoms with Crippen LogP contribution in [0.15, 0.2) is 158 Å². The lowest BCUT2D eigenvalue weighted by molar-refractivity contribution is 0.0926. The number of rotatable bonds is 5. The van der Waals surface area contributed by atoms with E-state index in [1.807, 2.05) is 103 Å². The Morgan fingerprint density at radius 3 is 1.56 bits per heavy atom. The number of pyridine rings is 2. The smallest absolute Gasteiger partial charge is 0.268 e. The molecule has 48 heavy (non-hydrogen) atoms. The summed E-state index contributed by atoms with van der Waals surface area (Å²) in [4.78, 5) is 39.0. The third-order valence-corrected chi connectivity index (χ3v) is 9.13. The maximum Gasteiger partial charge on any atom is 0.268 e. The lowest BCUT2D eigenvalue weighted by Crippen LogP contribution is -2.30. The van der Waals surface area contributed by atoms with E-state index in [0.29, 0.717) is 22.5 Å². The van der Waals surface area contributed by atoms with E-state index < -0.39 is 0 Å². The molecule has 0 aliphatic carbocycles. The summed E-state index contributed by atoms with van der Waals surface area (Å²) in [6, 6.07) is 43.4. The number of carbonyl (C=O) groups is 2. The van der Waals surface area contributed by atoms with Crippen LogP contribution in [0.3, 0.4) is 0 Å². The highest BCUT2D eigenvalue weighted by atomic mass is 16.2.